The van der Waals surface area contributed by atoms with Crippen LogP contribution >= 0.6 is 0 Å². The van der Waals surface area contributed by atoms with Crippen LogP contribution in [0.3, 0.4) is 0 Å². The van der Waals surface area contributed by atoms with Crippen molar-refractivity contribution in [2.45, 2.75) is 201 Å². The summed E-state index contributed by atoms with van der Waals surface area (Å²) in [5.41, 5.74) is 1.86. The van der Waals surface area contributed by atoms with Gasteiger partial charge in [0.15, 0.2) is 40.3 Å². The molecule has 572 valence electrons. The number of ketones is 1. The van der Waals surface area contributed by atoms with E-state index in [1.807, 2.05) is 71.9 Å². The summed E-state index contributed by atoms with van der Waals surface area (Å²) in [6.07, 6.45) is 12.8. The zero-order valence-corrected chi connectivity index (χ0v) is 61.7. The summed E-state index contributed by atoms with van der Waals surface area (Å²) in [5.74, 6) is -11.9. The zero-order chi connectivity index (χ0) is 78.0. The van der Waals surface area contributed by atoms with E-state index in [-0.39, 0.29) is 151 Å². The van der Waals surface area contributed by atoms with Crippen molar-refractivity contribution in [3.63, 3.8) is 0 Å². The minimum atomic E-state index is -1.86. The molecule has 0 aromatic heterocycles. The molecule has 3 heterocycles. The molecule has 3 aliphatic rings. The number of phenolic OH excluding ortho intramolecular Hbond substituents is 3. The van der Waals surface area contributed by atoms with E-state index in [0.717, 1.165) is 87.1 Å². The van der Waals surface area contributed by atoms with E-state index in [0.29, 0.717) is 57.1 Å². The summed E-state index contributed by atoms with van der Waals surface area (Å²) in [7, 11) is 2.84. The van der Waals surface area contributed by atoms with Crippen LogP contribution in [0.5, 0.6) is 80.5 Å². The number of aryl methyl sites for hydroxylation is 1. The van der Waals surface area contributed by atoms with Crippen LogP contribution in [-0.4, -0.2) is 102 Å². The Balaban J connectivity index is 0.000000204. The molecule has 0 amide bonds. The molecule has 2 atom stereocenters. The minimum absolute atomic E-state index is 0.00964. The SMILES string of the molecule is CCCCCc1c(Oc2cc(OC)cc3c2C(=O)OC3(O)CCCC)c(O)cc(O)c1C(=O)O.CCCCCc1c(Oc2cc(OC)cc3c2C(=O)OC3(O)CCCC)c(O)cc(O)c1C(=O)OCc1ccccc1.CCCCCc1c2c(cc(O)c1C(=O)O)OC(=O)c1c(cc(C)cc1C(=O)CCCC)O2. The number of rotatable bonds is 33. The number of unbranched alkanes of at least 4 members (excludes halogenated alkanes) is 9. The first kappa shape index (κ1) is 81.6. The lowest BCUT2D eigenvalue weighted by Crippen LogP contribution is -2.25. The number of carbonyl (C=O) groups is 7. The lowest BCUT2D eigenvalue weighted by molar-refractivity contribution is -0.169. The summed E-state index contributed by atoms with van der Waals surface area (Å²) in [6.45, 7) is 13.7. The van der Waals surface area contributed by atoms with Gasteiger partial charge in [0.1, 0.15) is 86.0 Å². The maximum Gasteiger partial charge on any atom is 0.348 e. The quantitative estimate of drug-likeness (QED) is 0.00606. The minimum Gasteiger partial charge on any atom is -0.507 e. The maximum absolute atomic E-state index is 13.3. The second-order valence-corrected chi connectivity index (χ2v) is 26.4. The van der Waals surface area contributed by atoms with Crippen molar-refractivity contribution in [3.05, 3.63) is 163 Å². The van der Waals surface area contributed by atoms with Crippen molar-refractivity contribution in [1.29, 1.82) is 0 Å². The van der Waals surface area contributed by atoms with Crippen LogP contribution < -0.4 is 28.4 Å². The van der Waals surface area contributed by atoms with E-state index in [1.54, 1.807) is 19.1 Å². The second-order valence-electron chi connectivity index (χ2n) is 26.4. The number of Topliss-reactive ketones (excluding diaryl/α,β-unsaturated/α-hetero) is 1. The number of ether oxygens (including phenoxy) is 9. The number of aromatic hydroxyl groups is 5. The van der Waals surface area contributed by atoms with Crippen molar-refractivity contribution in [2.75, 3.05) is 14.2 Å². The number of hydrogen-bond donors (Lipinski definition) is 9. The van der Waals surface area contributed by atoms with Gasteiger partial charge in [-0.3, -0.25) is 4.79 Å². The highest BCUT2D eigenvalue weighted by Crippen LogP contribution is 2.52. The number of carboxylic acids is 2. The number of methoxy groups -OCH3 is 2. The third-order valence-corrected chi connectivity index (χ3v) is 18.4. The molecule has 3 aliphatic heterocycles. The average Bonchev–Trinajstić information content (AvgIpc) is 1.62. The van der Waals surface area contributed by atoms with Crippen LogP contribution in [0, 0.1) is 6.92 Å². The van der Waals surface area contributed by atoms with Gasteiger partial charge in [-0.25, -0.2) is 28.8 Å². The van der Waals surface area contributed by atoms with Gasteiger partial charge >= 0.3 is 35.8 Å². The summed E-state index contributed by atoms with van der Waals surface area (Å²) in [6, 6.07) is 21.2. The molecule has 25 nitrogen and oxygen atoms in total. The van der Waals surface area contributed by atoms with Crippen LogP contribution in [-0.2, 0) is 51.7 Å². The third kappa shape index (κ3) is 18.8. The number of aliphatic hydroxyl groups is 2. The van der Waals surface area contributed by atoms with Crippen LogP contribution in [0.1, 0.15) is 269 Å². The molecule has 7 aromatic carbocycles. The molecule has 0 saturated heterocycles. The zero-order valence-electron chi connectivity index (χ0n) is 61.7. The van der Waals surface area contributed by atoms with Crippen molar-refractivity contribution < 1.29 is 122 Å². The van der Waals surface area contributed by atoms with Gasteiger partial charge in [0.25, 0.3) is 0 Å². The number of phenols is 5. The van der Waals surface area contributed by atoms with E-state index >= 15 is 0 Å². The predicted molar refractivity (Wildman–Crippen MR) is 391 cm³/mol. The fraction of sp³-hybridized carbons (Fsp3) is 0.402. The van der Waals surface area contributed by atoms with Crippen molar-refractivity contribution >= 4 is 41.6 Å². The van der Waals surface area contributed by atoms with Gasteiger partial charge in [0.2, 0.25) is 11.6 Å². The highest BCUT2D eigenvalue weighted by atomic mass is 16.7. The summed E-state index contributed by atoms with van der Waals surface area (Å²) in [4.78, 5) is 88.7. The second kappa shape index (κ2) is 36.8. The molecule has 0 saturated carbocycles. The highest BCUT2D eigenvalue weighted by Gasteiger charge is 2.48. The van der Waals surface area contributed by atoms with Crippen molar-refractivity contribution in [2.24, 2.45) is 0 Å². The average molecular weight is 1480 g/mol. The summed E-state index contributed by atoms with van der Waals surface area (Å²) >= 11 is 0. The summed E-state index contributed by atoms with van der Waals surface area (Å²) < 4.78 is 50.7. The Morgan fingerprint density at radius 1 is 0.467 bits per heavy atom. The molecular formula is C82H94O25. The number of benzene rings is 7. The normalized spacial score (nSPS) is 15.0. The van der Waals surface area contributed by atoms with Gasteiger partial charge in [0.05, 0.1) is 14.2 Å². The molecule has 9 N–H and O–H groups in total. The number of hydrogen-bond acceptors (Lipinski definition) is 23. The van der Waals surface area contributed by atoms with Gasteiger partial charge in [-0.1, -0.05) is 130 Å². The molecule has 0 aliphatic carbocycles. The van der Waals surface area contributed by atoms with Gasteiger partial charge in [-0.05, 0) is 100 Å². The predicted octanol–water partition coefficient (Wildman–Crippen LogP) is 17.2. The maximum atomic E-state index is 13.3. The van der Waals surface area contributed by atoms with Crippen LogP contribution in [0.2, 0.25) is 0 Å². The molecular weight excluding hydrogens is 1380 g/mol. The Kier molecular flexibility index (Phi) is 28.1. The van der Waals surface area contributed by atoms with E-state index in [9.17, 15) is 79.5 Å². The molecule has 0 fully saturated rings. The lowest BCUT2D eigenvalue weighted by atomic mass is 9.96. The summed E-state index contributed by atoms with van der Waals surface area (Å²) in [5, 5.41) is 94.5. The Bertz CT molecular complexity index is 4440. The number of fused-ring (bicyclic) bond motifs is 4. The largest absolute Gasteiger partial charge is 0.507 e. The Morgan fingerprint density at radius 2 is 0.916 bits per heavy atom. The van der Waals surface area contributed by atoms with Gasteiger partial charge in [-0.2, -0.15) is 0 Å². The van der Waals surface area contributed by atoms with Crippen molar-refractivity contribution in [1.82, 2.24) is 0 Å². The molecule has 0 bridgehead atoms. The molecule has 0 spiro atoms. The number of esters is 4. The molecule has 7 aromatic rings. The fourth-order valence-electron chi connectivity index (χ4n) is 12.9. The van der Waals surface area contributed by atoms with Gasteiger partial charge in [-0.15, -0.1) is 0 Å². The van der Waals surface area contributed by atoms with E-state index in [4.69, 9.17) is 42.6 Å². The monoisotopic (exact) mass is 1480 g/mol. The topological polar surface area (TPSA) is 385 Å². The number of aromatic carboxylic acids is 2. The first-order chi connectivity index (χ1) is 51.2. The van der Waals surface area contributed by atoms with E-state index in [1.165, 1.54) is 38.5 Å². The van der Waals surface area contributed by atoms with Crippen LogP contribution in [0.4, 0.5) is 0 Å². The Morgan fingerprint density at radius 3 is 1.38 bits per heavy atom. The number of carbonyl (C=O) groups excluding carboxylic acids is 5. The Labute approximate surface area is 620 Å². The standard InChI is InChI=1S/C32H36O9.C25H30O9.C25H28O7/c1-4-6-9-14-22-27(30(35)39-19-20-12-10-8-11-13-20)24(33)18-25(34)29(22)40-26-17-21(38-3)16-23-28(26)31(36)41-32(23,37)15-7-5-2;1-4-6-8-9-15-20(23(28)29)17(26)13-18(27)22(15)33-19-12-14(32-3)11-16-21(19)24(30)34-25(16,31)10-7-5-2;1-4-6-8-9-15-21(24(28)29)18(27)13-20-23(15)31-19-12-14(3)11-16(17(26)10-7-5-2)22(19)25(30)32-20/h8,10-13,16-18,33-34,37H,4-7,9,14-15,19H2,1-3H3;11-13,26-27,31H,4-10H2,1-3H3,(H,28,29);11-13,27H,4-10H2,1-3H3,(H,28,29). The van der Waals surface area contributed by atoms with Crippen molar-refractivity contribution in [3.8, 4) is 80.5 Å². The highest BCUT2D eigenvalue weighted by molar-refractivity contribution is 6.09. The molecule has 25 heteroatoms. The van der Waals surface area contributed by atoms with E-state index < -0.39 is 76.1 Å². The number of cyclic esters (lactones) is 2. The first-order valence-corrected chi connectivity index (χ1v) is 36.2. The first-order valence-electron chi connectivity index (χ1n) is 36.2. The molecule has 2 unspecified atom stereocenters. The fourth-order valence-corrected chi connectivity index (χ4v) is 12.9. The Hall–Kier alpha value is -11.1. The van der Waals surface area contributed by atoms with E-state index in [2.05, 4.69) is 0 Å². The van der Waals surface area contributed by atoms with Gasteiger partial charge < -0.3 is 88.6 Å². The van der Waals surface area contributed by atoms with Crippen LogP contribution in [0.15, 0.2) is 84.9 Å². The third-order valence-electron chi connectivity index (χ3n) is 18.4. The molecule has 0 radical (unpaired) electrons. The van der Waals surface area contributed by atoms with Crippen LogP contribution in [0.25, 0.3) is 0 Å². The lowest BCUT2D eigenvalue weighted by Gasteiger charge is -2.22. The number of carboxylic acid groups (broad SMARTS) is 2. The molecule has 10 rings (SSSR count). The van der Waals surface area contributed by atoms with Gasteiger partial charge in [0, 0.05) is 83.0 Å². The smallest absolute Gasteiger partial charge is 0.348 e. The molecule has 107 heavy (non-hydrogen) atoms.